The number of furan rings is 1. The zero-order chi connectivity index (χ0) is 19.9. The lowest BCUT2D eigenvalue weighted by atomic mass is 10.2. The van der Waals surface area contributed by atoms with Crippen LogP contribution in [0.2, 0.25) is 0 Å². The second kappa shape index (κ2) is 9.36. The summed E-state index contributed by atoms with van der Waals surface area (Å²) >= 11 is 0. The molecule has 8 heteroatoms. The van der Waals surface area contributed by atoms with E-state index in [1.807, 2.05) is 20.2 Å². The quantitative estimate of drug-likeness (QED) is 0.724. The van der Waals surface area contributed by atoms with E-state index in [0.29, 0.717) is 44.0 Å². The maximum absolute atomic E-state index is 12.4. The second-order valence-electron chi connectivity index (χ2n) is 7.10. The molecular weight excluding hydrogens is 358 g/mol. The molecule has 28 heavy (non-hydrogen) atoms. The molecule has 0 saturated carbocycles. The second-order valence-corrected chi connectivity index (χ2v) is 7.10. The zero-order valence-electron chi connectivity index (χ0n) is 16.4. The van der Waals surface area contributed by atoms with Crippen molar-refractivity contribution in [3.05, 3.63) is 48.2 Å². The van der Waals surface area contributed by atoms with Gasteiger partial charge in [0.05, 0.1) is 23.7 Å². The molecule has 0 atom stereocenters. The number of amides is 2. The first-order valence-corrected chi connectivity index (χ1v) is 9.50. The van der Waals surface area contributed by atoms with E-state index in [1.54, 1.807) is 29.4 Å². The van der Waals surface area contributed by atoms with Gasteiger partial charge in [0.15, 0.2) is 5.76 Å². The summed E-state index contributed by atoms with van der Waals surface area (Å²) in [5.74, 6) is 0.163. The van der Waals surface area contributed by atoms with Crippen LogP contribution < -0.4 is 10.2 Å². The van der Waals surface area contributed by atoms with Crippen molar-refractivity contribution in [3.63, 3.8) is 0 Å². The van der Waals surface area contributed by atoms with Crippen molar-refractivity contribution in [2.45, 2.75) is 6.42 Å². The van der Waals surface area contributed by atoms with E-state index >= 15 is 0 Å². The number of nitrogens with zero attached hydrogens (tertiary/aromatic N) is 4. The molecule has 0 radical (unpaired) electrons. The summed E-state index contributed by atoms with van der Waals surface area (Å²) in [6.07, 6.45) is 5.75. The number of hydrogen-bond acceptors (Lipinski definition) is 6. The minimum absolute atomic E-state index is 0.0892. The van der Waals surface area contributed by atoms with E-state index < -0.39 is 0 Å². The molecule has 0 aromatic carbocycles. The highest BCUT2D eigenvalue weighted by atomic mass is 16.3. The Labute approximate surface area is 165 Å². The average molecular weight is 385 g/mol. The number of piperazine rings is 1. The molecule has 1 aliphatic heterocycles. The Morgan fingerprint density at radius 2 is 2.00 bits per heavy atom. The minimum atomic E-state index is -0.111. The summed E-state index contributed by atoms with van der Waals surface area (Å²) in [5, 5.41) is 2.93. The van der Waals surface area contributed by atoms with E-state index in [2.05, 4.69) is 20.1 Å². The van der Waals surface area contributed by atoms with Crippen molar-refractivity contribution in [1.82, 2.24) is 20.1 Å². The highest BCUT2D eigenvalue weighted by Crippen LogP contribution is 2.18. The Hall–Kier alpha value is -2.87. The molecule has 3 rings (SSSR count). The van der Waals surface area contributed by atoms with E-state index in [4.69, 9.17) is 4.42 Å². The Bertz CT molecular complexity index is 783. The van der Waals surface area contributed by atoms with Crippen LogP contribution in [0.1, 0.15) is 27.3 Å². The third-order valence-corrected chi connectivity index (χ3v) is 4.72. The smallest absolute Gasteiger partial charge is 0.289 e. The first kappa shape index (κ1) is 19.9. The molecule has 1 aliphatic rings. The third-order valence-electron chi connectivity index (χ3n) is 4.72. The number of nitrogens with one attached hydrogen (secondary N) is 1. The third kappa shape index (κ3) is 5.10. The first-order chi connectivity index (χ1) is 13.5. The SMILES string of the molecule is CN(C)CCCNC(=O)c1cncc(N2CCN(C(=O)c3ccco3)CC2)c1. The van der Waals surface area contributed by atoms with Crippen LogP contribution in [0.4, 0.5) is 5.69 Å². The van der Waals surface area contributed by atoms with E-state index in [9.17, 15) is 9.59 Å². The zero-order valence-corrected chi connectivity index (χ0v) is 16.4. The van der Waals surface area contributed by atoms with Gasteiger partial charge in [-0.15, -0.1) is 0 Å². The van der Waals surface area contributed by atoms with Crippen molar-refractivity contribution >= 4 is 17.5 Å². The van der Waals surface area contributed by atoms with Crippen LogP contribution in [0.25, 0.3) is 0 Å². The fourth-order valence-electron chi connectivity index (χ4n) is 3.15. The lowest BCUT2D eigenvalue weighted by Gasteiger charge is -2.35. The summed E-state index contributed by atoms with van der Waals surface area (Å²) < 4.78 is 5.19. The molecule has 0 spiro atoms. The van der Waals surface area contributed by atoms with E-state index in [-0.39, 0.29) is 11.8 Å². The molecule has 8 nitrogen and oxygen atoms in total. The number of hydrogen-bond donors (Lipinski definition) is 1. The monoisotopic (exact) mass is 385 g/mol. The first-order valence-electron chi connectivity index (χ1n) is 9.50. The number of carbonyl (C=O) groups is 2. The fraction of sp³-hybridized carbons (Fsp3) is 0.450. The number of aromatic nitrogens is 1. The molecule has 0 aliphatic carbocycles. The molecular formula is C20H27N5O3. The minimum Gasteiger partial charge on any atom is -0.459 e. The molecule has 3 heterocycles. The maximum Gasteiger partial charge on any atom is 0.289 e. The molecule has 0 unspecified atom stereocenters. The van der Waals surface area contributed by atoms with Gasteiger partial charge in [-0.25, -0.2) is 0 Å². The Kier molecular flexibility index (Phi) is 6.65. The van der Waals surface area contributed by atoms with Gasteiger partial charge in [-0.2, -0.15) is 0 Å². The van der Waals surface area contributed by atoms with Crippen molar-refractivity contribution in [2.75, 3.05) is 58.3 Å². The molecule has 2 amide bonds. The normalized spacial score (nSPS) is 14.4. The van der Waals surface area contributed by atoms with E-state index in [0.717, 1.165) is 18.7 Å². The van der Waals surface area contributed by atoms with Crippen molar-refractivity contribution < 1.29 is 14.0 Å². The molecule has 1 N–H and O–H groups in total. The van der Waals surface area contributed by atoms with Crippen LogP contribution in [0.15, 0.2) is 41.3 Å². The van der Waals surface area contributed by atoms with Crippen LogP contribution in [0.5, 0.6) is 0 Å². The van der Waals surface area contributed by atoms with E-state index in [1.165, 1.54) is 6.26 Å². The molecule has 0 bridgehead atoms. The standard InChI is InChI=1S/C20H27N5O3/c1-23(2)7-4-6-22-19(26)16-13-17(15-21-14-16)24-8-10-25(11-9-24)20(27)18-5-3-12-28-18/h3,5,12-15H,4,6-11H2,1-2H3,(H,22,26). The highest BCUT2D eigenvalue weighted by Gasteiger charge is 2.24. The van der Waals surface area contributed by atoms with Gasteiger partial charge in [-0.3, -0.25) is 14.6 Å². The predicted octanol–water partition coefficient (Wildman–Crippen LogP) is 1.32. The lowest BCUT2D eigenvalue weighted by molar-refractivity contribution is 0.0714. The fourth-order valence-corrected chi connectivity index (χ4v) is 3.15. The number of anilines is 1. The van der Waals surface area contributed by atoms with Crippen LogP contribution in [0.3, 0.4) is 0 Å². The number of rotatable bonds is 7. The van der Waals surface area contributed by atoms with Crippen molar-refractivity contribution in [3.8, 4) is 0 Å². The van der Waals surface area contributed by atoms with Gasteiger partial charge < -0.3 is 24.4 Å². The Morgan fingerprint density at radius 3 is 2.68 bits per heavy atom. The summed E-state index contributed by atoms with van der Waals surface area (Å²) in [6.45, 7) is 4.12. The summed E-state index contributed by atoms with van der Waals surface area (Å²) in [7, 11) is 4.02. The van der Waals surface area contributed by atoms with Crippen LogP contribution in [-0.4, -0.2) is 80.0 Å². The van der Waals surface area contributed by atoms with Gasteiger partial charge in [-0.05, 0) is 45.3 Å². The Balaban J connectivity index is 1.53. The predicted molar refractivity (Wildman–Crippen MR) is 107 cm³/mol. The Morgan fingerprint density at radius 1 is 1.21 bits per heavy atom. The lowest BCUT2D eigenvalue weighted by Crippen LogP contribution is -2.48. The average Bonchev–Trinajstić information content (AvgIpc) is 3.25. The van der Waals surface area contributed by atoms with Gasteiger partial charge in [0.25, 0.3) is 11.8 Å². The van der Waals surface area contributed by atoms with Crippen LogP contribution in [0, 0.1) is 0 Å². The largest absolute Gasteiger partial charge is 0.459 e. The summed E-state index contributed by atoms with van der Waals surface area (Å²) in [5.41, 5.74) is 1.45. The highest BCUT2D eigenvalue weighted by molar-refractivity contribution is 5.94. The topological polar surface area (TPSA) is 81.9 Å². The summed E-state index contributed by atoms with van der Waals surface area (Å²) in [4.78, 5) is 34.9. The number of pyridine rings is 1. The summed E-state index contributed by atoms with van der Waals surface area (Å²) in [6, 6.07) is 5.25. The molecule has 1 saturated heterocycles. The molecule has 1 fully saturated rings. The van der Waals surface area contributed by atoms with Gasteiger partial charge in [-0.1, -0.05) is 0 Å². The van der Waals surface area contributed by atoms with Gasteiger partial charge in [0.1, 0.15) is 0 Å². The van der Waals surface area contributed by atoms with Gasteiger partial charge in [0, 0.05) is 38.9 Å². The maximum atomic E-state index is 12.4. The molecule has 150 valence electrons. The van der Waals surface area contributed by atoms with Crippen molar-refractivity contribution in [2.24, 2.45) is 0 Å². The number of carbonyl (C=O) groups excluding carboxylic acids is 2. The van der Waals surface area contributed by atoms with Crippen LogP contribution in [-0.2, 0) is 0 Å². The molecule has 2 aromatic heterocycles. The van der Waals surface area contributed by atoms with Crippen molar-refractivity contribution in [1.29, 1.82) is 0 Å². The molecule has 2 aromatic rings. The van der Waals surface area contributed by atoms with Gasteiger partial charge in [0.2, 0.25) is 0 Å². The van der Waals surface area contributed by atoms with Gasteiger partial charge >= 0.3 is 0 Å². The van der Waals surface area contributed by atoms with Crippen LogP contribution >= 0.6 is 0 Å².